The molecule has 4 rings (SSSR count). The number of ether oxygens (including phenoxy) is 1. The molecule has 2 amide bonds. The first-order chi connectivity index (χ1) is 17.0. The van der Waals surface area contributed by atoms with Crippen molar-refractivity contribution in [1.29, 1.82) is 0 Å². The number of nitrogens with zero attached hydrogens (tertiary/aromatic N) is 2. The average Bonchev–Trinajstić information content (AvgIpc) is 2.90. The van der Waals surface area contributed by atoms with Crippen LogP contribution >= 0.6 is 0 Å². The maximum atomic E-state index is 13.1. The van der Waals surface area contributed by atoms with Crippen LogP contribution in [0.15, 0.2) is 73.1 Å². The molecule has 1 aliphatic rings. The first-order valence-electron chi connectivity index (χ1n) is 12.3. The lowest BCUT2D eigenvalue weighted by Gasteiger charge is -2.39. The van der Waals surface area contributed by atoms with Crippen molar-refractivity contribution in [2.45, 2.75) is 52.3 Å². The van der Waals surface area contributed by atoms with Crippen LogP contribution in [0.4, 0.5) is 0 Å². The van der Waals surface area contributed by atoms with Gasteiger partial charge >= 0.3 is 0 Å². The van der Waals surface area contributed by atoms with E-state index in [-0.39, 0.29) is 23.8 Å². The Hall–Kier alpha value is -3.67. The summed E-state index contributed by atoms with van der Waals surface area (Å²) in [6, 6.07) is 19.7. The minimum atomic E-state index is -0.614. The molecule has 182 valence electrons. The highest BCUT2D eigenvalue weighted by molar-refractivity contribution is 5.81. The number of carbonyl (C=O) groups is 2. The van der Waals surface area contributed by atoms with E-state index in [4.69, 9.17) is 4.74 Å². The molecule has 0 spiro atoms. The largest absolute Gasteiger partial charge is 0.481 e. The number of aromatic nitrogens is 1. The number of carbonyl (C=O) groups excluding carboxylic acids is 2. The lowest BCUT2D eigenvalue weighted by atomic mass is 9.87. The van der Waals surface area contributed by atoms with Crippen molar-refractivity contribution >= 4 is 11.8 Å². The van der Waals surface area contributed by atoms with E-state index in [1.165, 1.54) is 5.56 Å². The fraction of sp³-hybridized carbons (Fsp3) is 0.345. The molecule has 0 aliphatic carbocycles. The Kier molecular flexibility index (Phi) is 7.80. The quantitative estimate of drug-likeness (QED) is 0.518. The van der Waals surface area contributed by atoms with Crippen LogP contribution in [0.1, 0.15) is 55.5 Å². The Balaban J connectivity index is 1.58. The third kappa shape index (κ3) is 5.70. The molecule has 0 fully saturated rings. The van der Waals surface area contributed by atoms with Gasteiger partial charge in [-0.05, 0) is 53.3 Å². The first-order valence-corrected chi connectivity index (χ1v) is 12.3. The van der Waals surface area contributed by atoms with Gasteiger partial charge in [-0.1, -0.05) is 63.2 Å². The topological polar surface area (TPSA) is 71.5 Å². The summed E-state index contributed by atoms with van der Waals surface area (Å²) in [4.78, 5) is 32.0. The van der Waals surface area contributed by atoms with E-state index in [0.29, 0.717) is 25.3 Å². The van der Waals surface area contributed by atoms with Crippen LogP contribution in [0.25, 0.3) is 0 Å². The molecule has 2 aromatic carbocycles. The molecule has 6 heteroatoms. The molecule has 1 aromatic heterocycles. The number of pyridine rings is 1. The van der Waals surface area contributed by atoms with Crippen molar-refractivity contribution in [2.75, 3.05) is 6.54 Å². The number of hydrogen-bond acceptors (Lipinski definition) is 4. The maximum Gasteiger partial charge on any atom is 0.261 e. The summed E-state index contributed by atoms with van der Waals surface area (Å²) in [6.45, 7) is 6.89. The second-order valence-electron chi connectivity index (χ2n) is 9.20. The summed E-state index contributed by atoms with van der Waals surface area (Å²) in [5.74, 6) is 0.518. The number of rotatable bonds is 8. The van der Waals surface area contributed by atoms with Gasteiger partial charge in [0.2, 0.25) is 5.91 Å². The normalized spacial score (nSPS) is 15.9. The van der Waals surface area contributed by atoms with Gasteiger partial charge in [-0.15, -0.1) is 0 Å². The fourth-order valence-corrected chi connectivity index (χ4v) is 4.52. The van der Waals surface area contributed by atoms with Gasteiger partial charge in [0, 0.05) is 31.4 Å². The van der Waals surface area contributed by atoms with Crippen LogP contribution < -0.4 is 10.1 Å². The molecule has 35 heavy (non-hydrogen) atoms. The summed E-state index contributed by atoms with van der Waals surface area (Å²) < 4.78 is 6.18. The van der Waals surface area contributed by atoms with Crippen LogP contribution in [0.2, 0.25) is 0 Å². The predicted octanol–water partition coefficient (Wildman–Crippen LogP) is 4.69. The second kappa shape index (κ2) is 11.2. The summed E-state index contributed by atoms with van der Waals surface area (Å²) in [5.41, 5.74) is 4.26. The standard InChI is InChI=1S/C29H33N3O3/c1-4-26(28(33)31-19-21-9-8-15-30-18-21)35-24-13-12-22-14-16-32(29(34)20(2)3)27(25(22)17-24)23-10-6-5-7-11-23/h5-13,15,17-18,20,26-27H,4,14,16,19H2,1-3H3,(H,31,33). The van der Waals surface area contributed by atoms with Gasteiger partial charge in [-0.3, -0.25) is 14.6 Å². The Morgan fingerprint density at radius 2 is 1.91 bits per heavy atom. The molecular formula is C29H33N3O3. The van der Waals surface area contributed by atoms with Crippen molar-refractivity contribution in [3.8, 4) is 5.75 Å². The second-order valence-corrected chi connectivity index (χ2v) is 9.20. The molecule has 0 saturated carbocycles. The van der Waals surface area contributed by atoms with E-state index in [1.54, 1.807) is 12.4 Å². The molecule has 0 radical (unpaired) electrons. The van der Waals surface area contributed by atoms with E-state index in [0.717, 1.165) is 23.1 Å². The number of fused-ring (bicyclic) bond motifs is 1. The number of benzene rings is 2. The van der Waals surface area contributed by atoms with Gasteiger partial charge in [-0.2, -0.15) is 0 Å². The number of hydrogen-bond donors (Lipinski definition) is 1. The molecule has 3 aromatic rings. The van der Waals surface area contributed by atoms with Crippen molar-refractivity contribution in [1.82, 2.24) is 15.2 Å². The highest BCUT2D eigenvalue weighted by Gasteiger charge is 2.33. The van der Waals surface area contributed by atoms with Gasteiger partial charge in [0.15, 0.2) is 6.10 Å². The van der Waals surface area contributed by atoms with E-state index < -0.39 is 6.10 Å². The smallest absolute Gasteiger partial charge is 0.261 e. The summed E-state index contributed by atoms with van der Waals surface area (Å²) in [6.07, 6.45) is 4.16. The highest BCUT2D eigenvalue weighted by Crippen LogP contribution is 2.38. The Labute approximate surface area is 207 Å². The van der Waals surface area contributed by atoms with Gasteiger partial charge in [-0.25, -0.2) is 0 Å². The minimum absolute atomic E-state index is 0.0878. The van der Waals surface area contributed by atoms with Crippen LogP contribution in [-0.4, -0.2) is 34.3 Å². The highest BCUT2D eigenvalue weighted by atomic mass is 16.5. The molecule has 0 saturated heterocycles. The van der Waals surface area contributed by atoms with Crippen LogP contribution in [0.5, 0.6) is 5.75 Å². The van der Waals surface area contributed by atoms with E-state index >= 15 is 0 Å². The number of amides is 2. The summed E-state index contributed by atoms with van der Waals surface area (Å²) >= 11 is 0. The molecule has 6 nitrogen and oxygen atoms in total. The van der Waals surface area contributed by atoms with Crippen molar-refractivity contribution in [2.24, 2.45) is 5.92 Å². The lowest BCUT2D eigenvalue weighted by Crippen LogP contribution is -2.42. The third-order valence-electron chi connectivity index (χ3n) is 6.37. The van der Waals surface area contributed by atoms with E-state index in [2.05, 4.69) is 28.5 Å². The average molecular weight is 472 g/mol. The summed E-state index contributed by atoms with van der Waals surface area (Å²) in [7, 11) is 0. The van der Waals surface area contributed by atoms with Crippen molar-refractivity contribution < 1.29 is 14.3 Å². The monoisotopic (exact) mass is 471 g/mol. The van der Waals surface area contributed by atoms with Crippen LogP contribution in [0.3, 0.4) is 0 Å². The van der Waals surface area contributed by atoms with Gasteiger partial charge in [0.05, 0.1) is 6.04 Å². The van der Waals surface area contributed by atoms with E-state index in [9.17, 15) is 9.59 Å². The lowest BCUT2D eigenvalue weighted by molar-refractivity contribution is -0.136. The zero-order valence-electron chi connectivity index (χ0n) is 20.6. The molecule has 1 aliphatic heterocycles. The van der Waals surface area contributed by atoms with Crippen molar-refractivity contribution in [3.63, 3.8) is 0 Å². The molecular weight excluding hydrogens is 438 g/mol. The van der Waals surface area contributed by atoms with Gasteiger partial charge < -0.3 is 15.0 Å². The van der Waals surface area contributed by atoms with E-state index in [1.807, 2.05) is 68.1 Å². The molecule has 0 bridgehead atoms. The van der Waals surface area contributed by atoms with Crippen LogP contribution in [0, 0.1) is 5.92 Å². The Morgan fingerprint density at radius 1 is 1.11 bits per heavy atom. The minimum Gasteiger partial charge on any atom is -0.481 e. The van der Waals surface area contributed by atoms with Crippen LogP contribution in [-0.2, 0) is 22.6 Å². The predicted molar refractivity (Wildman–Crippen MR) is 136 cm³/mol. The number of nitrogens with one attached hydrogen (secondary N) is 1. The zero-order valence-corrected chi connectivity index (χ0v) is 20.6. The summed E-state index contributed by atoms with van der Waals surface area (Å²) in [5, 5.41) is 2.94. The fourth-order valence-electron chi connectivity index (χ4n) is 4.52. The maximum absolute atomic E-state index is 13.1. The zero-order chi connectivity index (χ0) is 24.8. The first kappa shape index (κ1) is 24.5. The molecule has 2 unspecified atom stereocenters. The SMILES string of the molecule is CCC(Oc1ccc2c(c1)C(c1ccccc1)N(C(=O)C(C)C)CC2)C(=O)NCc1cccnc1. The third-order valence-corrected chi connectivity index (χ3v) is 6.37. The molecule has 2 heterocycles. The van der Waals surface area contributed by atoms with Crippen molar-refractivity contribution in [3.05, 3.63) is 95.3 Å². The van der Waals surface area contributed by atoms with Gasteiger partial charge in [0.1, 0.15) is 5.75 Å². The Bertz CT molecular complexity index is 1150. The van der Waals surface area contributed by atoms with Gasteiger partial charge in [0.25, 0.3) is 5.91 Å². The molecule has 1 N–H and O–H groups in total. The molecule has 2 atom stereocenters. The Morgan fingerprint density at radius 3 is 2.60 bits per heavy atom.